The number of epoxide rings is 3. The monoisotopic (exact) mass is 516 g/mol. The number of ether oxygens (including phenoxy) is 7. The first kappa shape index (κ1) is 23.8. The number of cyclic esters (lactones) is 2. The molecule has 0 aromatic rings. The summed E-state index contributed by atoms with van der Waals surface area (Å²) >= 11 is 0. The van der Waals surface area contributed by atoms with Gasteiger partial charge in [-0.05, 0) is 26.7 Å². The molecule has 10 heteroatoms. The van der Waals surface area contributed by atoms with Crippen molar-refractivity contribution < 1.29 is 47.5 Å². The van der Waals surface area contributed by atoms with Gasteiger partial charge in [0.1, 0.15) is 30.0 Å². The van der Waals surface area contributed by atoms with E-state index >= 15 is 0 Å². The zero-order valence-electron chi connectivity index (χ0n) is 21.2. The van der Waals surface area contributed by atoms with E-state index in [2.05, 4.69) is 13.8 Å². The maximum atomic E-state index is 13.2. The topological polar surface area (TPSA) is 126 Å². The van der Waals surface area contributed by atoms with E-state index in [9.17, 15) is 14.4 Å². The molecule has 0 aromatic carbocycles. The summed E-state index contributed by atoms with van der Waals surface area (Å²) in [6.07, 6.45) is 5.78. The van der Waals surface area contributed by atoms with Crippen molar-refractivity contribution in [2.24, 2.45) is 10.8 Å². The highest BCUT2D eigenvalue weighted by Crippen LogP contribution is 2.75. The molecule has 0 radical (unpaired) electrons. The van der Waals surface area contributed by atoms with Crippen LogP contribution in [0.2, 0.25) is 0 Å². The van der Waals surface area contributed by atoms with Crippen molar-refractivity contribution in [3.8, 4) is 0 Å². The molecular formula is C27H32O10. The third-order valence-corrected chi connectivity index (χ3v) is 10.3. The Kier molecular flexibility index (Phi) is 4.78. The number of rotatable bonds is 0. The first-order chi connectivity index (χ1) is 17.6. The van der Waals surface area contributed by atoms with Crippen molar-refractivity contribution in [2.75, 3.05) is 19.8 Å². The van der Waals surface area contributed by atoms with Gasteiger partial charge in [0.15, 0.2) is 6.10 Å². The lowest BCUT2D eigenvalue weighted by Crippen LogP contribution is -2.69. The summed E-state index contributed by atoms with van der Waals surface area (Å²) in [5, 5.41) is 0. The van der Waals surface area contributed by atoms with E-state index in [0.29, 0.717) is 25.9 Å². The van der Waals surface area contributed by atoms with Gasteiger partial charge in [-0.15, -0.1) is 0 Å². The molecule has 5 heterocycles. The molecule has 37 heavy (non-hydrogen) atoms. The lowest BCUT2D eigenvalue weighted by molar-refractivity contribution is -0.251. The maximum Gasteiger partial charge on any atom is 0.338 e. The highest BCUT2D eigenvalue weighted by molar-refractivity contribution is 5.84. The first-order valence-electron chi connectivity index (χ1n) is 13.1. The Balaban J connectivity index is 1.26. The Bertz CT molecular complexity index is 1130. The van der Waals surface area contributed by atoms with E-state index in [4.69, 9.17) is 33.2 Å². The van der Waals surface area contributed by atoms with Crippen molar-refractivity contribution in [2.45, 2.75) is 93.8 Å². The highest BCUT2D eigenvalue weighted by atomic mass is 16.7. The second-order valence-corrected chi connectivity index (χ2v) is 12.1. The Morgan fingerprint density at radius 1 is 0.811 bits per heavy atom. The van der Waals surface area contributed by atoms with Gasteiger partial charge < -0.3 is 33.2 Å². The minimum atomic E-state index is -0.751. The van der Waals surface area contributed by atoms with Crippen LogP contribution in [0.3, 0.4) is 0 Å². The molecule has 10 atom stereocenters. The van der Waals surface area contributed by atoms with Crippen molar-refractivity contribution in [3.05, 3.63) is 24.3 Å². The first-order valence-corrected chi connectivity index (χ1v) is 13.1. The van der Waals surface area contributed by atoms with Gasteiger partial charge in [0.2, 0.25) is 0 Å². The summed E-state index contributed by atoms with van der Waals surface area (Å²) in [7, 11) is 0. The number of hydrogen-bond donors (Lipinski definition) is 0. The molecule has 200 valence electrons. The Morgan fingerprint density at radius 2 is 1.57 bits per heavy atom. The van der Waals surface area contributed by atoms with Crippen molar-refractivity contribution in [1.82, 2.24) is 0 Å². The molecule has 4 saturated heterocycles. The summed E-state index contributed by atoms with van der Waals surface area (Å²) in [5.74, 6) is -1.54. The fraction of sp³-hybridized carbons (Fsp3) is 0.741. The van der Waals surface area contributed by atoms with Crippen LogP contribution in [-0.4, -0.2) is 85.1 Å². The van der Waals surface area contributed by atoms with Crippen LogP contribution >= 0.6 is 0 Å². The van der Waals surface area contributed by atoms with Gasteiger partial charge >= 0.3 is 17.9 Å². The summed E-state index contributed by atoms with van der Waals surface area (Å²) in [6.45, 7) is 6.67. The molecule has 6 fully saturated rings. The van der Waals surface area contributed by atoms with E-state index in [1.54, 1.807) is 0 Å². The number of carbonyl (C=O) groups excluding carboxylic acids is 3. The number of allylic oxidation sites excluding steroid dienone is 2. The van der Waals surface area contributed by atoms with Crippen LogP contribution in [0.4, 0.5) is 0 Å². The minimum Gasteiger partial charge on any atom is -0.463 e. The molecule has 0 amide bonds. The van der Waals surface area contributed by atoms with E-state index in [0.717, 1.165) is 6.42 Å². The summed E-state index contributed by atoms with van der Waals surface area (Å²) in [4.78, 5) is 38.0. The van der Waals surface area contributed by atoms with Crippen molar-refractivity contribution >= 4 is 17.9 Å². The molecule has 7 aliphatic rings. The van der Waals surface area contributed by atoms with Gasteiger partial charge in [0.25, 0.3) is 0 Å². The number of carbonyl (C=O) groups is 3. The molecule has 0 N–H and O–H groups in total. The molecular weight excluding hydrogens is 484 g/mol. The van der Waals surface area contributed by atoms with E-state index in [1.165, 1.54) is 24.3 Å². The van der Waals surface area contributed by atoms with Gasteiger partial charge in [0.05, 0.1) is 36.4 Å². The smallest absolute Gasteiger partial charge is 0.338 e. The molecule has 2 bridgehead atoms. The summed E-state index contributed by atoms with van der Waals surface area (Å²) < 4.78 is 42.0. The van der Waals surface area contributed by atoms with Gasteiger partial charge in [-0.25, -0.2) is 14.4 Å². The fourth-order valence-electron chi connectivity index (χ4n) is 7.69. The van der Waals surface area contributed by atoms with Gasteiger partial charge in [0, 0.05) is 30.4 Å². The summed E-state index contributed by atoms with van der Waals surface area (Å²) in [5.41, 5.74) is -2.95. The zero-order valence-corrected chi connectivity index (χ0v) is 21.2. The Labute approximate surface area is 214 Å². The molecule has 0 aromatic heterocycles. The fourth-order valence-corrected chi connectivity index (χ4v) is 7.69. The predicted octanol–water partition coefficient (Wildman–Crippen LogP) is 1.54. The zero-order chi connectivity index (χ0) is 25.8. The molecule has 0 unspecified atom stereocenters. The van der Waals surface area contributed by atoms with E-state index in [1.807, 2.05) is 6.92 Å². The van der Waals surface area contributed by atoms with E-state index < -0.39 is 52.1 Å². The van der Waals surface area contributed by atoms with Crippen molar-refractivity contribution in [1.29, 1.82) is 0 Å². The molecule has 10 nitrogen and oxygen atoms in total. The molecule has 5 aliphatic heterocycles. The number of hydrogen-bond acceptors (Lipinski definition) is 10. The van der Waals surface area contributed by atoms with Gasteiger partial charge in [-0.3, -0.25) is 0 Å². The third kappa shape index (κ3) is 3.16. The molecule has 2 aliphatic carbocycles. The number of fused-ring (bicyclic) bond motifs is 3. The predicted molar refractivity (Wildman–Crippen MR) is 123 cm³/mol. The van der Waals surface area contributed by atoms with E-state index in [-0.39, 0.29) is 37.1 Å². The van der Waals surface area contributed by atoms with Crippen molar-refractivity contribution in [3.63, 3.8) is 0 Å². The average Bonchev–Trinajstić information content (AvgIpc) is 3.76. The average molecular weight is 517 g/mol. The molecule has 2 saturated carbocycles. The second-order valence-electron chi connectivity index (χ2n) is 12.1. The largest absolute Gasteiger partial charge is 0.463 e. The van der Waals surface area contributed by atoms with Gasteiger partial charge in [-0.2, -0.15) is 0 Å². The van der Waals surface area contributed by atoms with Crippen LogP contribution in [0.15, 0.2) is 24.3 Å². The highest BCUT2D eigenvalue weighted by Gasteiger charge is 2.86. The Morgan fingerprint density at radius 3 is 2.32 bits per heavy atom. The SMILES string of the molecule is C[C@@]12[C@H]3C[C@@H](O[C@@H]4[C@@H]5O[C@]5(C)CC[C@@]41COC(=O)[C@H]1O[C@]1(C)CCOC(=O)/C=C/C=C\C(=O)O3)[C@@]21CO1. The van der Waals surface area contributed by atoms with Crippen LogP contribution in [0.5, 0.6) is 0 Å². The quantitative estimate of drug-likeness (QED) is 0.266. The van der Waals surface area contributed by atoms with Crippen LogP contribution < -0.4 is 0 Å². The normalized spacial score (nSPS) is 55.8. The second kappa shape index (κ2) is 7.43. The number of esters is 3. The molecule has 2 spiro atoms. The van der Waals surface area contributed by atoms with Crippen LogP contribution in [0, 0.1) is 10.8 Å². The van der Waals surface area contributed by atoms with Crippen LogP contribution in [-0.2, 0) is 47.5 Å². The minimum absolute atomic E-state index is 0.0817. The summed E-state index contributed by atoms with van der Waals surface area (Å²) in [6, 6.07) is 0. The lowest BCUT2D eigenvalue weighted by Gasteiger charge is -2.58. The van der Waals surface area contributed by atoms with Crippen LogP contribution in [0.25, 0.3) is 0 Å². The lowest BCUT2D eigenvalue weighted by atomic mass is 9.50. The van der Waals surface area contributed by atoms with Gasteiger partial charge in [-0.1, -0.05) is 19.1 Å². The van der Waals surface area contributed by atoms with Crippen LogP contribution in [0.1, 0.15) is 46.5 Å². The maximum absolute atomic E-state index is 13.2. The Hall–Kier alpha value is -2.27. The molecule has 7 rings (SSSR count). The standard InChI is InChI=1S/C27H32O10/c1-23-8-9-26-13-32-22(30)21-24(2,37-21)10-11-31-17(28)6-4-5-7-18(29)34-15-12-16(35-20(26)19(23)36-23)27(14-33-27)25(15,26)3/h4-7,15-16,19-21H,8-14H2,1-3H3/b6-4+,7-5-/t15-,16-,19+,20-,21-,23-,24-,25-,26-,27+/m1/s1. The third-order valence-electron chi connectivity index (χ3n) is 10.3.